The van der Waals surface area contributed by atoms with E-state index >= 15 is 0 Å². The van der Waals surface area contributed by atoms with E-state index < -0.39 is 0 Å². The molecule has 0 bridgehead atoms. The van der Waals surface area contributed by atoms with Gasteiger partial charge in [0.25, 0.3) is 0 Å². The minimum absolute atomic E-state index is 0.0536. The van der Waals surface area contributed by atoms with Gasteiger partial charge in [-0.2, -0.15) is 5.26 Å². The number of hydrogen-bond acceptors (Lipinski definition) is 2. The monoisotopic (exact) mass is 299 g/mol. The van der Waals surface area contributed by atoms with Crippen molar-refractivity contribution in [2.45, 2.75) is 20.3 Å². The van der Waals surface area contributed by atoms with Gasteiger partial charge >= 0.3 is 0 Å². The smallest absolute Gasteiger partial charge is 0.161 e. The minimum atomic E-state index is -0.0536. The standard InChI is InChI=1S/C11H10INO/c1-3-8-4-9(6-13)10(7(2)14)5-11(8)12/h4-5H,3H2,1-2H3. The number of hydrogen-bond donors (Lipinski definition) is 0. The highest BCUT2D eigenvalue weighted by molar-refractivity contribution is 14.1. The highest BCUT2D eigenvalue weighted by Gasteiger charge is 2.10. The van der Waals surface area contributed by atoms with Crippen molar-refractivity contribution in [3.8, 4) is 6.07 Å². The number of benzene rings is 1. The number of aryl methyl sites for hydroxylation is 1. The van der Waals surface area contributed by atoms with Crippen LogP contribution in [0.15, 0.2) is 12.1 Å². The molecule has 0 fully saturated rings. The Labute approximate surface area is 97.1 Å². The second-order valence-electron chi connectivity index (χ2n) is 3.01. The normalized spacial score (nSPS) is 9.57. The Bertz CT molecular complexity index is 418. The van der Waals surface area contributed by atoms with E-state index in [0.717, 1.165) is 15.6 Å². The fourth-order valence-electron chi connectivity index (χ4n) is 1.27. The Hall–Kier alpha value is -0.890. The average molecular weight is 299 g/mol. The van der Waals surface area contributed by atoms with Crippen LogP contribution in [0.1, 0.15) is 35.3 Å². The van der Waals surface area contributed by atoms with E-state index in [4.69, 9.17) is 5.26 Å². The van der Waals surface area contributed by atoms with E-state index in [9.17, 15) is 4.79 Å². The molecule has 0 unspecified atom stereocenters. The van der Waals surface area contributed by atoms with Gasteiger partial charge in [0.15, 0.2) is 5.78 Å². The number of nitrogens with zero attached hydrogens (tertiary/aromatic N) is 1. The summed E-state index contributed by atoms with van der Waals surface area (Å²) in [5.74, 6) is -0.0536. The molecule has 0 saturated carbocycles. The van der Waals surface area contributed by atoms with Crippen molar-refractivity contribution in [1.29, 1.82) is 5.26 Å². The van der Waals surface area contributed by atoms with E-state index in [2.05, 4.69) is 28.7 Å². The number of carbonyl (C=O) groups is 1. The molecule has 0 saturated heterocycles. The van der Waals surface area contributed by atoms with Gasteiger partial charge in [0.05, 0.1) is 11.6 Å². The van der Waals surface area contributed by atoms with E-state index in [-0.39, 0.29) is 5.78 Å². The molecule has 0 aliphatic heterocycles. The lowest BCUT2D eigenvalue weighted by Gasteiger charge is -2.05. The maximum atomic E-state index is 11.2. The maximum Gasteiger partial charge on any atom is 0.161 e. The maximum absolute atomic E-state index is 11.2. The molecule has 0 spiro atoms. The van der Waals surface area contributed by atoms with Gasteiger partial charge in [-0.25, -0.2) is 0 Å². The zero-order chi connectivity index (χ0) is 10.7. The molecule has 1 aromatic carbocycles. The van der Waals surface area contributed by atoms with Crippen molar-refractivity contribution in [1.82, 2.24) is 0 Å². The summed E-state index contributed by atoms with van der Waals surface area (Å²) in [4.78, 5) is 11.2. The molecule has 14 heavy (non-hydrogen) atoms. The lowest BCUT2D eigenvalue weighted by Crippen LogP contribution is -2.00. The summed E-state index contributed by atoms with van der Waals surface area (Å²) in [6.45, 7) is 3.52. The molecule has 0 aliphatic rings. The molecule has 1 rings (SSSR count). The van der Waals surface area contributed by atoms with Crippen molar-refractivity contribution in [3.63, 3.8) is 0 Å². The third-order valence-electron chi connectivity index (χ3n) is 2.07. The molecular formula is C11H10INO. The van der Waals surface area contributed by atoms with E-state index in [0.29, 0.717) is 11.1 Å². The lowest BCUT2D eigenvalue weighted by molar-refractivity contribution is 0.101. The first-order valence-electron chi connectivity index (χ1n) is 4.33. The van der Waals surface area contributed by atoms with Gasteiger partial charge < -0.3 is 0 Å². The van der Waals surface area contributed by atoms with Crippen LogP contribution in [0.2, 0.25) is 0 Å². The summed E-state index contributed by atoms with van der Waals surface area (Å²) in [6.07, 6.45) is 0.880. The zero-order valence-electron chi connectivity index (χ0n) is 8.10. The van der Waals surface area contributed by atoms with Gasteiger partial charge in [0, 0.05) is 9.13 Å². The molecule has 1 aromatic rings. The third kappa shape index (κ3) is 2.13. The average Bonchev–Trinajstić information content (AvgIpc) is 2.17. The first-order valence-corrected chi connectivity index (χ1v) is 5.41. The van der Waals surface area contributed by atoms with Gasteiger partial charge in [-0.3, -0.25) is 4.79 Å². The Morgan fingerprint density at radius 3 is 2.64 bits per heavy atom. The summed E-state index contributed by atoms with van der Waals surface area (Å²) >= 11 is 2.19. The fourth-order valence-corrected chi connectivity index (χ4v) is 2.12. The van der Waals surface area contributed by atoms with Gasteiger partial charge in [0.1, 0.15) is 0 Å². The van der Waals surface area contributed by atoms with Gasteiger partial charge in [-0.1, -0.05) is 6.92 Å². The van der Waals surface area contributed by atoms with Gasteiger partial charge in [-0.15, -0.1) is 0 Å². The molecule has 3 heteroatoms. The van der Waals surface area contributed by atoms with E-state index in [1.54, 1.807) is 12.1 Å². The van der Waals surface area contributed by atoms with Crippen molar-refractivity contribution >= 4 is 28.4 Å². The quantitative estimate of drug-likeness (QED) is 0.622. The first kappa shape index (κ1) is 11.2. The SMILES string of the molecule is CCc1cc(C#N)c(C(C)=O)cc1I. The molecule has 0 amide bonds. The summed E-state index contributed by atoms with van der Waals surface area (Å²) < 4.78 is 1.05. The molecule has 0 atom stereocenters. The number of Topliss-reactive ketones (excluding diaryl/α,β-unsaturated/α-hetero) is 1. The molecule has 0 N–H and O–H groups in total. The summed E-state index contributed by atoms with van der Waals surface area (Å²) in [5, 5.41) is 8.87. The van der Waals surface area contributed by atoms with Crippen LogP contribution in [0.4, 0.5) is 0 Å². The fraction of sp³-hybridized carbons (Fsp3) is 0.273. The van der Waals surface area contributed by atoms with Crippen LogP contribution >= 0.6 is 22.6 Å². The van der Waals surface area contributed by atoms with Crippen molar-refractivity contribution in [2.75, 3.05) is 0 Å². The molecule has 2 nitrogen and oxygen atoms in total. The molecule has 0 radical (unpaired) electrons. The largest absolute Gasteiger partial charge is 0.294 e. The first-order chi connectivity index (χ1) is 6.60. The molecule has 0 heterocycles. The van der Waals surface area contributed by atoms with E-state index in [1.165, 1.54) is 6.92 Å². The molecular weight excluding hydrogens is 289 g/mol. The van der Waals surface area contributed by atoms with Crippen LogP contribution in [0.5, 0.6) is 0 Å². The van der Waals surface area contributed by atoms with Crippen molar-refractivity contribution in [3.05, 3.63) is 32.4 Å². The summed E-state index contributed by atoms with van der Waals surface area (Å²) in [6, 6.07) is 5.65. The van der Waals surface area contributed by atoms with Crippen LogP contribution < -0.4 is 0 Å². The predicted octanol–water partition coefficient (Wildman–Crippen LogP) is 2.93. The second-order valence-corrected chi connectivity index (χ2v) is 4.17. The van der Waals surface area contributed by atoms with Gasteiger partial charge in [-0.05, 0) is 53.6 Å². The van der Waals surface area contributed by atoms with Crippen LogP contribution in [0, 0.1) is 14.9 Å². The highest BCUT2D eigenvalue weighted by atomic mass is 127. The Morgan fingerprint density at radius 2 is 2.21 bits per heavy atom. The zero-order valence-corrected chi connectivity index (χ0v) is 10.3. The van der Waals surface area contributed by atoms with Crippen LogP contribution in [0.25, 0.3) is 0 Å². The Kier molecular flexibility index (Phi) is 3.64. The number of nitriles is 1. The van der Waals surface area contributed by atoms with Crippen LogP contribution in [-0.2, 0) is 6.42 Å². The number of carbonyl (C=O) groups excluding carboxylic acids is 1. The lowest BCUT2D eigenvalue weighted by atomic mass is 10.0. The van der Waals surface area contributed by atoms with Crippen molar-refractivity contribution < 1.29 is 4.79 Å². The second kappa shape index (κ2) is 4.56. The third-order valence-corrected chi connectivity index (χ3v) is 3.07. The molecule has 0 aliphatic carbocycles. The number of ketones is 1. The van der Waals surface area contributed by atoms with Gasteiger partial charge in [0.2, 0.25) is 0 Å². The topological polar surface area (TPSA) is 40.9 Å². The van der Waals surface area contributed by atoms with E-state index in [1.807, 2.05) is 6.92 Å². The van der Waals surface area contributed by atoms with Crippen molar-refractivity contribution in [2.24, 2.45) is 0 Å². The molecule has 0 aromatic heterocycles. The summed E-state index contributed by atoms with van der Waals surface area (Å²) in [7, 11) is 0. The minimum Gasteiger partial charge on any atom is -0.294 e. The Morgan fingerprint density at radius 1 is 1.57 bits per heavy atom. The number of halogens is 1. The van der Waals surface area contributed by atoms with Crippen LogP contribution in [0.3, 0.4) is 0 Å². The number of rotatable bonds is 2. The van der Waals surface area contributed by atoms with Crippen LogP contribution in [-0.4, -0.2) is 5.78 Å². The molecule has 72 valence electrons. The summed E-state index contributed by atoms with van der Waals surface area (Å²) in [5.41, 5.74) is 2.12. The Balaban J connectivity index is 3.41. The highest BCUT2D eigenvalue weighted by Crippen LogP contribution is 2.19. The predicted molar refractivity (Wildman–Crippen MR) is 63.3 cm³/mol.